The van der Waals surface area contributed by atoms with E-state index in [0.29, 0.717) is 46.3 Å². The number of alkyl halides is 2. The first-order valence-electron chi connectivity index (χ1n) is 14.7. The molecule has 6 rings (SSSR count). The molecule has 45 heavy (non-hydrogen) atoms. The summed E-state index contributed by atoms with van der Waals surface area (Å²) in [7, 11) is 0. The highest BCUT2D eigenvalue weighted by atomic mass is 32.1. The fraction of sp³-hybridized carbons (Fsp3) is 0.303. The zero-order valence-corrected chi connectivity index (χ0v) is 25.0. The molecule has 1 saturated heterocycles. The molecular formula is C33H30F2N4O5S. The van der Waals surface area contributed by atoms with Crippen LogP contribution in [0.3, 0.4) is 0 Å². The molecule has 0 bridgehead atoms. The van der Waals surface area contributed by atoms with Crippen LogP contribution in [0.2, 0.25) is 0 Å². The molecule has 1 atom stereocenters. The maximum absolute atomic E-state index is 13.9. The molecule has 232 valence electrons. The summed E-state index contributed by atoms with van der Waals surface area (Å²) >= 11 is 1.23. The molecule has 9 nitrogen and oxygen atoms in total. The van der Waals surface area contributed by atoms with E-state index in [4.69, 9.17) is 9.72 Å². The number of thiazole rings is 1. The Morgan fingerprint density at radius 1 is 1.09 bits per heavy atom. The Balaban J connectivity index is 1.33. The van der Waals surface area contributed by atoms with E-state index in [1.165, 1.54) is 23.5 Å². The van der Waals surface area contributed by atoms with Gasteiger partial charge in [0.25, 0.3) is 0 Å². The number of nitrogens with zero attached hydrogens (tertiary/aromatic N) is 4. The second-order valence-corrected chi connectivity index (χ2v) is 11.9. The molecule has 2 amide bonds. The van der Waals surface area contributed by atoms with Crippen molar-refractivity contribution in [2.75, 3.05) is 16.3 Å². The van der Waals surface area contributed by atoms with Crippen LogP contribution in [-0.2, 0) is 20.8 Å². The summed E-state index contributed by atoms with van der Waals surface area (Å²) in [5.74, 6) is -1.65. The first kappa shape index (κ1) is 30.3. The van der Waals surface area contributed by atoms with Gasteiger partial charge in [0.1, 0.15) is 11.6 Å². The van der Waals surface area contributed by atoms with Crippen molar-refractivity contribution in [3.63, 3.8) is 0 Å². The van der Waals surface area contributed by atoms with E-state index in [-0.39, 0.29) is 36.4 Å². The average Bonchev–Trinajstić information content (AvgIpc) is 3.57. The molecule has 2 fully saturated rings. The lowest BCUT2D eigenvalue weighted by molar-refractivity contribution is -0.140. The normalized spacial score (nSPS) is 15.4. The molecule has 0 spiro atoms. The number of ether oxygens (including phenoxy) is 1. The first-order valence-corrected chi connectivity index (χ1v) is 15.5. The highest BCUT2D eigenvalue weighted by molar-refractivity contribution is 7.14. The number of pyridine rings is 1. The highest BCUT2D eigenvalue weighted by Gasteiger charge is 2.39. The molecule has 0 radical (unpaired) electrons. The molecule has 12 heteroatoms. The number of aromatic nitrogens is 2. The summed E-state index contributed by atoms with van der Waals surface area (Å²) < 4.78 is 31.0. The highest BCUT2D eigenvalue weighted by Crippen LogP contribution is 2.41. The Morgan fingerprint density at radius 2 is 1.89 bits per heavy atom. The van der Waals surface area contributed by atoms with Crippen molar-refractivity contribution in [3.8, 4) is 28.1 Å². The second kappa shape index (κ2) is 13.1. The summed E-state index contributed by atoms with van der Waals surface area (Å²) in [5, 5.41) is 11.8. The Labute approximate surface area is 262 Å². The third kappa shape index (κ3) is 7.01. The van der Waals surface area contributed by atoms with Gasteiger partial charge in [0, 0.05) is 41.7 Å². The van der Waals surface area contributed by atoms with Crippen LogP contribution in [0.5, 0.6) is 5.75 Å². The first-order chi connectivity index (χ1) is 21.8. The van der Waals surface area contributed by atoms with E-state index < -0.39 is 18.5 Å². The van der Waals surface area contributed by atoms with Gasteiger partial charge in [-0.1, -0.05) is 30.3 Å². The molecule has 1 N–H and O–H groups in total. The summed E-state index contributed by atoms with van der Waals surface area (Å²) in [5.41, 5.74) is 3.13. The Hall–Kier alpha value is -4.71. The van der Waals surface area contributed by atoms with Gasteiger partial charge in [-0.25, -0.2) is 9.97 Å². The number of aliphatic carboxylic acids is 1. The van der Waals surface area contributed by atoms with Crippen molar-refractivity contribution in [1.82, 2.24) is 9.97 Å². The zero-order valence-electron chi connectivity index (χ0n) is 24.1. The predicted octanol–water partition coefficient (Wildman–Crippen LogP) is 6.43. The van der Waals surface area contributed by atoms with E-state index in [9.17, 15) is 28.3 Å². The van der Waals surface area contributed by atoms with Crippen LogP contribution in [0.25, 0.3) is 22.4 Å². The fourth-order valence-electron chi connectivity index (χ4n) is 5.57. The fourth-order valence-corrected chi connectivity index (χ4v) is 6.47. The van der Waals surface area contributed by atoms with Crippen LogP contribution in [0.4, 0.5) is 19.7 Å². The number of benzene rings is 2. The molecule has 1 unspecified atom stereocenters. The number of carbonyl (C=O) groups is 3. The summed E-state index contributed by atoms with van der Waals surface area (Å²) in [6, 6.07) is 17.3. The maximum Gasteiger partial charge on any atom is 0.387 e. The smallest absolute Gasteiger partial charge is 0.387 e. The van der Waals surface area contributed by atoms with Crippen molar-refractivity contribution in [2.24, 2.45) is 5.92 Å². The third-order valence-corrected chi connectivity index (χ3v) is 8.68. The number of carbonyl (C=O) groups excluding carboxylic acids is 2. The van der Waals surface area contributed by atoms with E-state index in [1.807, 2.05) is 36.4 Å². The number of halogens is 2. The second-order valence-electron chi connectivity index (χ2n) is 11.1. The van der Waals surface area contributed by atoms with E-state index in [0.717, 1.165) is 24.8 Å². The number of hydrogen-bond acceptors (Lipinski definition) is 7. The summed E-state index contributed by atoms with van der Waals surface area (Å²) in [6.45, 7) is -2.42. The third-order valence-electron chi connectivity index (χ3n) is 7.84. The number of amides is 2. The van der Waals surface area contributed by atoms with Crippen LogP contribution >= 0.6 is 11.3 Å². The van der Waals surface area contributed by atoms with Crippen LogP contribution in [0, 0.1) is 5.92 Å². The molecule has 1 aliphatic carbocycles. The van der Waals surface area contributed by atoms with Gasteiger partial charge in [-0.05, 0) is 67.1 Å². The standard InChI is InChI=1S/C33H30F2N4O5S/c34-32(35)44-24-11-12-25(21-8-13-28(36-18-21)38-14-4-7-29(38)40)26(17-24)27-19-45-33(37-27)39(23-9-10-23)31(43)22(16-30(41)42)15-20-5-2-1-3-6-20/h1-3,5-6,8,11-13,17-19,22-23,32H,4,7,9-10,14-16H2,(H,41,42). The number of carboxylic acid groups (broad SMARTS) is 1. The Kier molecular flexibility index (Phi) is 8.83. The zero-order chi connectivity index (χ0) is 31.5. The molecule has 4 aromatic rings. The quantitative estimate of drug-likeness (QED) is 0.192. The minimum Gasteiger partial charge on any atom is -0.481 e. The molecule has 2 aromatic heterocycles. The van der Waals surface area contributed by atoms with Gasteiger partial charge in [-0.15, -0.1) is 11.3 Å². The minimum atomic E-state index is -3.02. The van der Waals surface area contributed by atoms with Gasteiger partial charge < -0.3 is 9.84 Å². The van der Waals surface area contributed by atoms with Crippen LogP contribution in [0.15, 0.2) is 72.2 Å². The number of carboxylic acids is 1. The lowest BCUT2D eigenvalue weighted by Gasteiger charge is -2.25. The Morgan fingerprint density at radius 3 is 2.53 bits per heavy atom. The predicted molar refractivity (Wildman–Crippen MR) is 165 cm³/mol. The van der Waals surface area contributed by atoms with E-state index in [2.05, 4.69) is 4.98 Å². The lowest BCUT2D eigenvalue weighted by atomic mass is 9.94. The number of anilines is 2. The van der Waals surface area contributed by atoms with Gasteiger partial charge in [0.05, 0.1) is 18.0 Å². The van der Waals surface area contributed by atoms with E-state index in [1.54, 1.807) is 33.5 Å². The molecule has 2 aliphatic rings. The molecule has 1 aliphatic heterocycles. The monoisotopic (exact) mass is 632 g/mol. The van der Waals surface area contributed by atoms with Gasteiger partial charge in [-0.2, -0.15) is 8.78 Å². The van der Waals surface area contributed by atoms with Crippen LogP contribution < -0.4 is 14.5 Å². The van der Waals surface area contributed by atoms with Crippen molar-refractivity contribution < 1.29 is 33.0 Å². The Bertz CT molecular complexity index is 1690. The molecule has 3 heterocycles. The maximum atomic E-state index is 13.9. The molecular weight excluding hydrogens is 602 g/mol. The minimum absolute atomic E-state index is 0.0172. The topological polar surface area (TPSA) is 113 Å². The molecule has 1 saturated carbocycles. The van der Waals surface area contributed by atoms with E-state index >= 15 is 0 Å². The van der Waals surface area contributed by atoms with Gasteiger partial charge in [0.15, 0.2) is 5.13 Å². The summed E-state index contributed by atoms with van der Waals surface area (Å²) in [6.07, 6.45) is 4.37. The van der Waals surface area contributed by atoms with Gasteiger partial charge >= 0.3 is 12.6 Å². The summed E-state index contributed by atoms with van der Waals surface area (Å²) in [4.78, 5) is 50.4. The van der Waals surface area contributed by atoms with Crippen LogP contribution in [-0.4, -0.2) is 52.1 Å². The molecule has 2 aromatic carbocycles. The van der Waals surface area contributed by atoms with Crippen molar-refractivity contribution >= 4 is 40.1 Å². The van der Waals surface area contributed by atoms with Crippen molar-refractivity contribution in [1.29, 1.82) is 0 Å². The number of hydrogen-bond donors (Lipinski definition) is 1. The van der Waals surface area contributed by atoms with Crippen molar-refractivity contribution in [3.05, 3.63) is 77.8 Å². The van der Waals surface area contributed by atoms with Gasteiger partial charge in [-0.3, -0.25) is 24.2 Å². The number of rotatable bonds is 12. The lowest BCUT2D eigenvalue weighted by Crippen LogP contribution is -2.39. The average molecular weight is 633 g/mol. The van der Waals surface area contributed by atoms with Crippen LogP contribution in [0.1, 0.15) is 37.7 Å². The largest absolute Gasteiger partial charge is 0.481 e. The van der Waals surface area contributed by atoms with Gasteiger partial charge in [0.2, 0.25) is 11.8 Å². The van der Waals surface area contributed by atoms with Crippen molar-refractivity contribution in [2.45, 2.75) is 51.2 Å². The SMILES string of the molecule is O=C(O)CC(Cc1ccccc1)C(=O)N(c1nc(-c2cc(OC(F)F)ccc2-c2ccc(N3CCCC3=O)nc2)cs1)C1CC1.